The van der Waals surface area contributed by atoms with E-state index in [1.54, 1.807) is 0 Å². The van der Waals surface area contributed by atoms with Crippen LogP contribution < -0.4 is 5.73 Å². The number of benzene rings is 1. The Morgan fingerprint density at radius 1 is 1.20 bits per heavy atom. The van der Waals surface area contributed by atoms with Crippen molar-refractivity contribution in [3.05, 3.63) is 35.4 Å². The fraction of sp³-hybridized carbons (Fsp3) is 0.667. The summed E-state index contributed by atoms with van der Waals surface area (Å²) < 4.78 is 6.24. The van der Waals surface area contributed by atoms with Crippen molar-refractivity contribution in [3.8, 4) is 0 Å². The molecule has 1 heterocycles. The molecule has 2 N–H and O–H groups in total. The topological polar surface area (TPSA) is 35.2 Å². The smallest absolute Gasteiger partial charge is 0.0677 e. The Morgan fingerprint density at radius 3 is 2.55 bits per heavy atom. The monoisotopic (exact) mass is 273 g/mol. The molecule has 1 aromatic rings. The van der Waals surface area contributed by atoms with Gasteiger partial charge in [0.1, 0.15) is 0 Å². The van der Waals surface area contributed by atoms with E-state index >= 15 is 0 Å². The Hall–Kier alpha value is -0.860. The summed E-state index contributed by atoms with van der Waals surface area (Å²) in [6, 6.07) is 8.99. The van der Waals surface area contributed by atoms with Crippen LogP contribution in [0, 0.1) is 5.92 Å². The molecule has 1 aliphatic heterocycles. The summed E-state index contributed by atoms with van der Waals surface area (Å²) in [4.78, 5) is 0. The molecular formula is C18H27NO. The van der Waals surface area contributed by atoms with Crippen LogP contribution in [0.1, 0.15) is 57.6 Å². The number of fused-ring (bicyclic) bond motifs is 1. The molecule has 2 heteroatoms. The molecule has 0 spiro atoms. The summed E-state index contributed by atoms with van der Waals surface area (Å²) in [7, 11) is 0. The van der Waals surface area contributed by atoms with Crippen LogP contribution >= 0.6 is 0 Å². The van der Waals surface area contributed by atoms with Gasteiger partial charge in [-0.2, -0.15) is 0 Å². The minimum atomic E-state index is -0.125. The number of hydrogen-bond donors (Lipinski definition) is 1. The minimum Gasteiger partial charge on any atom is -0.369 e. The van der Waals surface area contributed by atoms with Gasteiger partial charge in [0.15, 0.2) is 0 Å². The molecule has 0 bridgehead atoms. The summed E-state index contributed by atoms with van der Waals surface area (Å²) in [6.07, 6.45) is 3.42. The molecule has 2 aliphatic rings. The van der Waals surface area contributed by atoms with Crippen molar-refractivity contribution >= 4 is 0 Å². The molecule has 1 aliphatic carbocycles. The van der Waals surface area contributed by atoms with Crippen molar-refractivity contribution in [2.24, 2.45) is 11.7 Å². The van der Waals surface area contributed by atoms with Crippen LogP contribution in [0.25, 0.3) is 0 Å². The quantitative estimate of drug-likeness (QED) is 0.893. The van der Waals surface area contributed by atoms with E-state index in [2.05, 4.69) is 52.0 Å². The SMILES string of the molecule is CC1(C)CC(C(N)C2CCc3ccccc32)C(C)(C)O1. The van der Waals surface area contributed by atoms with Crippen LogP contribution in [-0.4, -0.2) is 17.2 Å². The van der Waals surface area contributed by atoms with Crippen molar-refractivity contribution in [2.45, 2.75) is 70.1 Å². The second-order valence-corrected chi connectivity index (χ2v) is 7.70. The predicted octanol–water partition coefficient (Wildman–Crippen LogP) is 3.64. The average Bonchev–Trinajstić information content (AvgIpc) is 2.86. The molecule has 1 aromatic carbocycles. The van der Waals surface area contributed by atoms with Gasteiger partial charge in [-0.05, 0) is 64.0 Å². The molecule has 0 aromatic heterocycles. The maximum atomic E-state index is 6.72. The highest BCUT2D eigenvalue weighted by Gasteiger charge is 2.50. The summed E-state index contributed by atoms with van der Waals surface area (Å²) in [5, 5.41) is 0. The Bertz CT molecular complexity index is 506. The maximum Gasteiger partial charge on any atom is 0.0677 e. The highest BCUT2D eigenvalue weighted by molar-refractivity contribution is 5.36. The number of aryl methyl sites for hydroxylation is 1. The maximum absolute atomic E-state index is 6.72. The van der Waals surface area contributed by atoms with Gasteiger partial charge in [0.2, 0.25) is 0 Å². The lowest BCUT2D eigenvalue weighted by Gasteiger charge is -2.34. The molecule has 110 valence electrons. The van der Waals surface area contributed by atoms with Gasteiger partial charge in [-0.3, -0.25) is 0 Å². The summed E-state index contributed by atoms with van der Waals surface area (Å²) in [5.74, 6) is 0.918. The molecule has 0 radical (unpaired) electrons. The molecule has 3 atom stereocenters. The molecule has 0 saturated carbocycles. The second-order valence-electron chi connectivity index (χ2n) is 7.70. The molecule has 3 unspecified atom stereocenters. The Kier molecular flexibility index (Phi) is 3.22. The Morgan fingerprint density at radius 2 is 1.90 bits per heavy atom. The third-order valence-corrected chi connectivity index (χ3v) is 5.25. The lowest BCUT2D eigenvalue weighted by Crippen LogP contribution is -2.44. The van der Waals surface area contributed by atoms with E-state index in [0.717, 1.165) is 6.42 Å². The molecule has 1 saturated heterocycles. The average molecular weight is 273 g/mol. The van der Waals surface area contributed by atoms with Gasteiger partial charge >= 0.3 is 0 Å². The van der Waals surface area contributed by atoms with Gasteiger partial charge in [-0.25, -0.2) is 0 Å². The highest BCUT2D eigenvalue weighted by Crippen LogP contribution is 2.47. The van der Waals surface area contributed by atoms with Crippen molar-refractivity contribution in [1.29, 1.82) is 0 Å². The van der Waals surface area contributed by atoms with Crippen LogP contribution in [0.5, 0.6) is 0 Å². The number of hydrogen-bond acceptors (Lipinski definition) is 2. The van der Waals surface area contributed by atoms with E-state index in [1.807, 2.05) is 0 Å². The third kappa shape index (κ3) is 2.29. The molecule has 2 nitrogen and oxygen atoms in total. The first-order chi connectivity index (χ1) is 9.30. The Balaban J connectivity index is 1.86. The summed E-state index contributed by atoms with van der Waals surface area (Å²) in [6.45, 7) is 8.77. The van der Waals surface area contributed by atoms with E-state index < -0.39 is 0 Å². The zero-order chi connectivity index (χ0) is 14.5. The Labute approximate surface area is 122 Å². The van der Waals surface area contributed by atoms with Crippen molar-refractivity contribution in [2.75, 3.05) is 0 Å². The predicted molar refractivity (Wildman–Crippen MR) is 82.8 cm³/mol. The van der Waals surface area contributed by atoms with E-state index in [0.29, 0.717) is 11.8 Å². The molecule has 0 amide bonds. The zero-order valence-electron chi connectivity index (χ0n) is 13.1. The normalized spacial score (nSPS) is 32.0. The van der Waals surface area contributed by atoms with Crippen molar-refractivity contribution in [1.82, 2.24) is 0 Å². The number of nitrogens with two attached hydrogens (primary N) is 1. The van der Waals surface area contributed by atoms with Crippen LogP contribution in [0.4, 0.5) is 0 Å². The van der Waals surface area contributed by atoms with E-state index in [4.69, 9.17) is 10.5 Å². The largest absolute Gasteiger partial charge is 0.369 e. The zero-order valence-corrected chi connectivity index (χ0v) is 13.1. The van der Waals surface area contributed by atoms with E-state index in [-0.39, 0.29) is 17.2 Å². The fourth-order valence-corrected chi connectivity index (χ4v) is 4.47. The lowest BCUT2D eigenvalue weighted by atomic mass is 9.75. The highest BCUT2D eigenvalue weighted by atomic mass is 16.5. The minimum absolute atomic E-state index is 0.0517. The number of ether oxygens (including phenoxy) is 1. The van der Waals surface area contributed by atoms with Crippen molar-refractivity contribution < 1.29 is 4.74 Å². The molecule has 3 rings (SSSR count). The standard InChI is InChI=1S/C18H27NO/c1-17(2)11-15(18(3,4)20-17)16(19)14-10-9-12-7-5-6-8-13(12)14/h5-8,14-16H,9-11,19H2,1-4H3. The van der Waals surface area contributed by atoms with Crippen molar-refractivity contribution in [3.63, 3.8) is 0 Å². The first-order valence-electron chi connectivity index (χ1n) is 7.84. The second kappa shape index (κ2) is 4.57. The summed E-state index contributed by atoms with van der Waals surface area (Å²) in [5.41, 5.74) is 9.50. The first kappa shape index (κ1) is 14.1. The van der Waals surface area contributed by atoms with Gasteiger partial charge in [-0.15, -0.1) is 0 Å². The molecule has 20 heavy (non-hydrogen) atoms. The van der Waals surface area contributed by atoms with Crippen LogP contribution in [0.2, 0.25) is 0 Å². The number of rotatable bonds is 2. The van der Waals surface area contributed by atoms with E-state index in [1.165, 1.54) is 24.0 Å². The van der Waals surface area contributed by atoms with Crippen LogP contribution in [0.3, 0.4) is 0 Å². The van der Waals surface area contributed by atoms with Gasteiger partial charge < -0.3 is 10.5 Å². The van der Waals surface area contributed by atoms with Crippen LogP contribution in [0.15, 0.2) is 24.3 Å². The van der Waals surface area contributed by atoms with Gasteiger partial charge in [0, 0.05) is 12.0 Å². The van der Waals surface area contributed by atoms with Gasteiger partial charge in [0.25, 0.3) is 0 Å². The molecular weight excluding hydrogens is 246 g/mol. The fourth-order valence-electron chi connectivity index (χ4n) is 4.47. The molecule has 1 fully saturated rings. The lowest BCUT2D eigenvalue weighted by molar-refractivity contribution is -0.0772. The third-order valence-electron chi connectivity index (χ3n) is 5.25. The first-order valence-corrected chi connectivity index (χ1v) is 7.84. The van der Waals surface area contributed by atoms with Gasteiger partial charge in [-0.1, -0.05) is 24.3 Å². The van der Waals surface area contributed by atoms with E-state index in [9.17, 15) is 0 Å². The van der Waals surface area contributed by atoms with Gasteiger partial charge in [0.05, 0.1) is 11.2 Å². The van der Waals surface area contributed by atoms with Crippen LogP contribution in [-0.2, 0) is 11.2 Å². The summed E-state index contributed by atoms with van der Waals surface area (Å²) >= 11 is 0.